The van der Waals surface area contributed by atoms with E-state index in [2.05, 4.69) is 185 Å². The number of para-hydroxylation sites is 3. The topological polar surface area (TPSA) is 21.1 Å². The van der Waals surface area contributed by atoms with Crippen molar-refractivity contribution < 1.29 is 0 Å². The van der Waals surface area contributed by atoms with E-state index in [0.717, 1.165) is 22.7 Å². The van der Waals surface area contributed by atoms with E-state index in [-0.39, 0.29) is 12.0 Å². The Labute approximate surface area is 299 Å². The summed E-state index contributed by atoms with van der Waals surface area (Å²) in [4.78, 5) is 7.96. The van der Waals surface area contributed by atoms with Gasteiger partial charge >= 0.3 is 0 Å². The zero-order valence-corrected chi connectivity index (χ0v) is 28.5. The number of rotatable bonds is 4. The molecule has 0 amide bonds. The molecule has 2 unspecified atom stereocenters. The molecule has 240 valence electrons. The Hall–Kier alpha value is -6.23. The number of aromatic nitrogens is 2. The second-order valence-electron chi connectivity index (χ2n) is 13.5. The van der Waals surface area contributed by atoms with E-state index in [1.165, 1.54) is 64.4 Å². The van der Waals surface area contributed by atoms with E-state index in [1.807, 2.05) is 11.3 Å². The molecule has 0 fully saturated rings. The van der Waals surface area contributed by atoms with Gasteiger partial charge in [0.25, 0.3) is 0 Å². The lowest BCUT2D eigenvalue weighted by Crippen LogP contribution is -2.29. The van der Waals surface area contributed by atoms with Crippen LogP contribution in [0.25, 0.3) is 70.0 Å². The van der Waals surface area contributed by atoms with Crippen LogP contribution in [0.5, 0.6) is 0 Å². The monoisotopic (exact) mass is 669 g/mol. The summed E-state index contributed by atoms with van der Waals surface area (Å²) >= 11 is 1.87. The predicted octanol–water partition coefficient (Wildman–Crippen LogP) is 12.6. The molecular formula is C47H31N3S. The highest BCUT2D eigenvalue weighted by Gasteiger charge is 2.39. The van der Waals surface area contributed by atoms with Crippen LogP contribution in [0.4, 0.5) is 11.5 Å². The molecule has 0 bridgehead atoms. The first-order valence-electron chi connectivity index (χ1n) is 17.5. The minimum absolute atomic E-state index is 0.131. The van der Waals surface area contributed by atoms with Crippen molar-refractivity contribution in [2.75, 3.05) is 4.90 Å². The van der Waals surface area contributed by atoms with Crippen LogP contribution >= 0.6 is 11.3 Å². The van der Waals surface area contributed by atoms with E-state index < -0.39 is 0 Å². The minimum Gasteiger partial charge on any atom is -0.318 e. The molecule has 0 spiro atoms. The van der Waals surface area contributed by atoms with Crippen LogP contribution in [0.1, 0.15) is 11.5 Å². The van der Waals surface area contributed by atoms with Crippen LogP contribution in [-0.2, 0) is 0 Å². The lowest BCUT2D eigenvalue weighted by Gasteiger charge is -2.29. The molecule has 51 heavy (non-hydrogen) atoms. The SMILES string of the molecule is C1=CC2c3cccc(-c4ccc5sc6ccc(-c7ccccc7)cc6c5c4)c3N(c3cccc(-n4c5ccccc5c5ccccc54)n3)C2C=C1. The fourth-order valence-corrected chi connectivity index (χ4v) is 9.54. The zero-order chi connectivity index (χ0) is 33.5. The first-order chi connectivity index (χ1) is 25.3. The molecule has 2 aliphatic rings. The highest BCUT2D eigenvalue weighted by Crippen LogP contribution is 2.52. The normalized spacial score (nSPS) is 16.4. The third-order valence-corrected chi connectivity index (χ3v) is 11.9. The maximum Gasteiger partial charge on any atom is 0.140 e. The van der Waals surface area contributed by atoms with E-state index in [4.69, 9.17) is 4.98 Å². The number of allylic oxidation sites excluding steroid dienone is 2. The number of anilines is 2. The lowest BCUT2D eigenvalue weighted by atomic mass is 9.90. The summed E-state index contributed by atoms with van der Waals surface area (Å²) in [5.74, 6) is 2.11. The van der Waals surface area contributed by atoms with E-state index in [0.29, 0.717) is 0 Å². The highest BCUT2D eigenvalue weighted by molar-refractivity contribution is 7.25. The van der Waals surface area contributed by atoms with Crippen molar-refractivity contribution in [1.29, 1.82) is 0 Å². The van der Waals surface area contributed by atoms with Crippen LogP contribution < -0.4 is 4.90 Å². The first-order valence-corrected chi connectivity index (χ1v) is 18.4. The van der Waals surface area contributed by atoms with Gasteiger partial charge in [-0.2, -0.15) is 0 Å². The number of nitrogens with zero attached hydrogens (tertiary/aromatic N) is 3. The molecule has 6 aromatic carbocycles. The third kappa shape index (κ3) is 4.33. The highest BCUT2D eigenvalue weighted by atomic mass is 32.1. The summed E-state index contributed by atoms with van der Waals surface area (Å²) in [5, 5.41) is 5.09. The molecule has 4 heteroatoms. The van der Waals surface area contributed by atoms with Gasteiger partial charge in [0.05, 0.1) is 22.8 Å². The zero-order valence-electron chi connectivity index (χ0n) is 27.6. The molecule has 2 atom stereocenters. The Morgan fingerprint density at radius 1 is 0.490 bits per heavy atom. The van der Waals surface area contributed by atoms with E-state index >= 15 is 0 Å². The van der Waals surface area contributed by atoms with Gasteiger partial charge in [0.1, 0.15) is 11.6 Å². The Morgan fingerprint density at radius 2 is 1.14 bits per heavy atom. The maximum atomic E-state index is 5.48. The van der Waals surface area contributed by atoms with Gasteiger partial charge < -0.3 is 4.90 Å². The van der Waals surface area contributed by atoms with Crippen molar-refractivity contribution in [1.82, 2.24) is 9.55 Å². The molecule has 0 saturated carbocycles. The molecule has 3 nitrogen and oxygen atoms in total. The van der Waals surface area contributed by atoms with Crippen molar-refractivity contribution in [3.8, 4) is 28.1 Å². The molecule has 11 rings (SSSR count). The van der Waals surface area contributed by atoms with Crippen LogP contribution in [-0.4, -0.2) is 15.6 Å². The van der Waals surface area contributed by atoms with Crippen LogP contribution in [0.3, 0.4) is 0 Å². The summed E-state index contributed by atoms with van der Waals surface area (Å²) in [6.45, 7) is 0. The second kappa shape index (κ2) is 11.1. The van der Waals surface area contributed by atoms with Crippen molar-refractivity contribution >= 4 is 64.8 Å². The van der Waals surface area contributed by atoms with E-state index in [9.17, 15) is 0 Å². The number of benzene rings is 6. The number of hydrogen-bond acceptors (Lipinski definition) is 3. The summed E-state index contributed by atoms with van der Waals surface area (Å²) in [6.07, 6.45) is 9.07. The van der Waals surface area contributed by atoms with Gasteiger partial charge in [0.2, 0.25) is 0 Å². The van der Waals surface area contributed by atoms with Gasteiger partial charge in [-0.1, -0.05) is 127 Å². The Kier molecular flexibility index (Phi) is 6.25. The van der Waals surface area contributed by atoms with Crippen LogP contribution in [0, 0.1) is 0 Å². The summed E-state index contributed by atoms with van der Waals surface area (Å²) < 4.78 is 4.93. The van der Waals surface area contributed by atoms with Crippen molar-refractivity contribution in [3.05, 3.63) is 182 Å². The maximum absolute atomic E-state index is 5.48. The smallest absolute Gasteiger partial charge is 0.140 e. The number of pyridine rings is 1. The van der Waals surface area contributed by atoms with Crippen molar-refractivity contribution in [3.63, 3.8) is 0 Å². The molecule has 1 aliphatic carbocycles. The van der Waals surface area contributed by atoms with Crippen molar-refractivity contribution in [2.24, 2.45) is 0 Å². The van der Waals surface area contributed by atoms with Crippen LogP contribution in [0.2, 0.25) is 0 Å². The number of hydrogen-bond donors (Lipinski definition) is 0. The first kappa shape index (κ1) is 28.6. The number of fused-ring (bicyclic) bond motifs is 9. The fraction of sp³-hybridized carbons (Fsp3) is 0.0426. The Morgan fingerprint density at radius 3 is 1.92 bits per heavy atom. The van der Waals surface area contributed by atoms with Gasteiger partial charge in [-0.15, -0.1) is 11.3 Å². The molecular weight excluding hydrogens is 639 g/mol. The standard InChI is InChI=1S/C47H31N3S/c1-2-12-30(13-3-1)31-24-26-43-38(28-31)39-29-32(25-27-44(39)51-43)33-17-10-18-37-36-16-6-9-21-42(36)50(47(33)37)46-23-11-22-45(48-46)49-40-19-7-4-14-34(40)35-15-5-8-20-41(35)49/h1-29,36,42H. The molecule has 1 aliphatic heterocycles. The summed E-state index contributed by atoms with van der Waals surface area (Å²) in [5.41, 5.74) is 9.84. The second-order valence-corrected chi connectivity index (χ2v) is 14.6. The molecule has 0 radical (unpaired) electrons. The molecule has 0 saturated heterocycles. The lowest BCUT2D eigenvalue weighted by molar-refractivity contribution is 0.737. The Bertz CT molecular complexity index is 2840. The molecule has 9 aromatic rings. The van der Waals surface area contributed by atoms with Crippen LogP contribution in [0.15, 0.2) is 176 Å². The average Bonchev–Trinajstić information content (AvgIpc) is 3.85. The average molecular weight is 670 g/mol. The Balaban J connectivity index is 1.09. The third-order valence-electron chi connectivity index (χ3n) is 10.7. The summed E-state index contributed by atoms with van der Waals surface area (Å²) in [6, 6.07) is 55.3. The largest absolute Gasteiger partial charge is 0.318 e. The molecule has 3 aromatic heterocycles. The molecule has 4 heterocycles. The van der Waals surface area contributed by atoms with E-state index in [1.54, 1.807) is 0 Å². The van der Waals surface area contributed by atoms with Crippen molar-refractivity contribution in [2.45, 2.75) is 12.0 Å². The van der Waals surface area contributed by atoms with Gasteiger partial charge in [-0.05, 0) is 70.8 Å². The molecule has 0 N–H and O–H groups in total. The number of thiophene rings is 1. The minimum atomic E-state index is 0.131. The van der Waals surface area contributed by atoms with Gasteiger partial charge in [-0.25, -0.2) is 4.98 Å². The van der Waals surface area contributed by atoms with Gasteiger partial charge in [0, 0.05) is 42.4 Å². The fourth-order valence-electron chi connectivity index (χ4n) is 8.47. The predicted molar refractivity (Wildman–Crippen MR) is 216 cm³/mol. The summed E-state index contributed by atoms with van der Waals surface area (Å²) in [7, 11) is 0. The van der Waals surface area contributed by atoms with Gasteiger partial charge in [-0.3, -0.25) is 4.57 Å². The quantitative estimate of drug-likeness (QED) is 0.186. The van der Waals surface area contributed by atoms with Gasteiger partial charge in [0.15, 0.2) is 0 Å².